The van der Waals surface area contributed by atoms with E-state index in [-0.39, 0.29) is 25.7 Å². The highest BCUT2D eigenvalue weighted by molar-refractivity contribution is 14.1. The van der Waals surface area contributed by atoms with Crippen LogP contribution in [0.4, 0.5) is 8.78 Å². The summed E-state index contributed by atoms with van der Waals surface area (Å²) < 4.78 is 68.4. The van der Waals surface area contributed by atoms with E-state index in [1.54, 1.807) is 0 Å². The van der Waals surface area contributed by atoms with Crippen LogP contribution in [0, 0.1) is 10.7 Å². The molecule has 0 spiro atoms. The van der Waals surface area contributed by atoms with Crippen LogP contribution in [0.2, 0.25) is 0 Å². The van der Waals surface area contributed by atoms with Gasteiger partial charge in [0.05, 0.1) is 7.14 Å². The summed E-state index contributed by atoms with van der Waals surface area (Å²) in [7, 11) is -5.70. The van der Waals surface area contributed by atoms with Crippen molar-refractivity contribution < 1.29 is 40.8 Å². The predicted octanol–water partition coefficient (Wildman–Crippen LogP) is 4.38. The van der Waals surface area contributed by atoms with E-state index >= 15 is 0 Å². The van der Waals surface area contributed by atoms with Crippen LogP contribution >= 0.6 is 67.8 Å². The van der Waals surface area contributed by atoms with E-state index in [0.29, 0.717) is 12.7 Å². The monoisotopic (exact) mass is 758 g/mol. The average Bonchev–Trinajstić information content (AvgIpc) is 2.53. The molecule has 7 nitrogen and oxygen atoms in total. The third-order valence-corrected chi connectivity index (χ3v) is 6.56. The maximum atomic E-state index is 13.3. The van der Waals surface area contributed by atoms with Crippen LogP contribution in [0.5, 0.6) is 5.75 Å². The molecular formula is C15H15F2I3O7S. The molecule has 1 unspecified atom stereocenters. The SMILES string of the molecule is CC(OC(=O)CCCCC(=O)Oc1c(I)cc(I)cc1I)C(F)(F)S(=O)(=O)O. The molecule has 0 bridgehead atoms. The highest BCUT2D eigenvalue weighted by atomic mass is 127. The number of rotatable bonds is 9. The molecule has 0 saturated carbocycles. The topological polar surface area (TPSA) is 107 Å². The van der Waals surface area contributed by atoms with Gasteiger partial charge in [0.2, 0.25) is 0 Å². The summed E-state index contributed by atoms with van der Waals surface area (Å²) in [6.07, 6.45) is -2.24. The van der Waals surface area contributed by atoms with Crippen LogP contribution in [-0.2, 0) is 24.4 Å². The first-order valence-electron chi connectivity index (χ1n) is 7.65. The Morgan fingerprint density at radius 3 is 2.04 bits per heavy atom. The Labute approximate surface area is 201 Å². The van der Waals surface area contributed by atoms with Crippen molar-refractivity contribution in [3.05, 3.63) is 22.8 Å². The van der Waals surface area contributed by atoms with Crippen LogP contribution in [0.1, 0.15) is 32.6 Å². The van der Waals surface area contributed by atoms with E-state index in [1.807, 2.05) is 12.1 Å². The fourth-order valence-corrected chi connectivity index (χ4v) is 6.13. The molecule has 1 N–H and O–H groups in total. The molecule has 1 rings (SSSR count). The number of ether oxygens (including phenoxy) is 2. The van der Waals surface area contributed by atoms with Gasteiger partial charge in [-0.3, -0.25) is 14.1 Å². The van der Waals surface area contributed by atoms with E-state index in [1.165, 1.54) is 0 Å². The maximum Gasteiger partial charge on any atom is 0.405 e. The van der Waals surface area contributed by atoms with Crippen LogP contribution < -0.4 is 4.74 Å². The van der Waals surface area contributed by atoms with Gasteiger partial charge < -0.3 is 9.47 Å². The first-order chi connectivity index (χ1) is 12.8. The van der Waals surface area contributed by atoms with Crippen molar-refractivity contribution in [2.24, 2.45) is 0 Å². The zero-order valence-electron chi connectivity index (χ0n) is 14.3. The number of hydrogen-bond donors (Lipinski definition) is 1. The molecule has 0 aliphatic rings. The quantitative estimate of drug-likeness (QED) is 0.131. The third kappa shape index (κ3) is 7.75. The molecule has 0 aromatic heterocycles. The van der Waals surface area contributed by atoms with Crippen molar-refractivity contribution in [3.8, 4) is 5.75 Å². The Bertz CT molecular complexity index is 823. The van der Waals surface area contributed by atoms with Gasteiger partial charge in [-0.15, -0.1) is 0 Å². The number of esters is 2. The van der Waals surface area contributed by atoms with Gasteiger partial charge in [-0.2, -0.15) is 17.2 Å². The molecule has 0 amide bonds. The fraction of sp³-hybridized carbons (Fsp3) is 0.467. The maximum absolute atomic E-state index is 13.3. The minimum absolute atomic E-state index is 0.00214. The first-order valence-corrected chi connectivity index (χ1v) is 12.3. The summed E-state index contributed by atoms with van der Waals surface area (Å²) in [5.41, 5.74) is 0. The molecule has 13 heteroatoms. The normalized spacial score (nSPS) is 13.1. The van der Waals surface area contributed by atoms with Crippen molar-refractivity contribution in [1.82, 2.24) is 0 Å². The second kappa shape index (κ2) is 10.9. The highest BCUT2D eigenvalue weighted by Crippen LogP contribution is 2.30. The Morgan fingerprint density at radius 1 is 1.11 bits per heavy atom. The number of halogens is 5. The van der Waals surface area contributed by atoms with Gasteiger partial charge in [0.1, 0.15) is 0 Å². The molecule has 0 aliphatic heterocycles. The van der Waals surface area contributed by atoms with Gasteiger partial charge in [0.15, 0.2) is 11.9 Å². The summed E-state index contributed by atoms with van der Waals surface area (Å²) in [5, 5.41) is -4.60. The minimum atomic E-state index is -5.70. The van der Waals surface area contributed by atoms with Gasteiger partial charge in [0.25, 0.3) is 0 Å². The molecule has 158 valence electrons. The summed E-state index contributed by atoms with van der Waals surface area (Å²) in [4.78, 5) is 23.5. The molecule has 1 aromatic rings. The van der Waals surface area contributed by atoms with Gasteiger partial charge in [-0.25, -0.2) is 0 Å². The smallest absolute Gasteiger partial charge is 0.405 e. The average molecular weight is 758 g/mol. The van der Waals surface area contributed by atoms with E-state index in [2.05, 4.69) is 72.5 Å². The molecule has 1 atom stereocenters. The summed E-state index contributed by atoms with van der Waals surface area (Å²) in [6.45, 7) is 0.660. The first kappa shape index (κ1) is 26.2. The molecule has 1 aromatic carbocycles. The number of benzene rings is 1. The second-order valence-electron chi connectivity index (χ2n) is 5.55. The fourth-order valence-electron chi connectivity index (χ4n) is 1.86. The molecule has 0 saturated heterocycles. The van der Waals surface area contributed by atoms with Gasteiger partial charge >= 0.3 is 27.3 Å². The van der Waals surface area contributed by atoms with Crippen LogP contribution in [0.25, 0.3) is 0 Å². The van der Waals surface area contributed by atoms with E-state index in [4.69, 9.17) is 9.29 Å². The third-order valence-electron chi connectivity index (χ3n) is 3.32. The second-order valence-corrected chi connectivity index (χ2v) is 10.6. The van der Waals surface area contributed by atoms with Crippen molar-refractivity contribution >= 4 is 89.8 Å². The zero-order chi connectivity index (χ0) is 21.7. The number of carbonyl (C=O) groups is 2. The zero-order valence-corrected chi connectivity index (χ0v) is 21.5. The molecule has 28 heavy (non-hydrogen) atoms. The van der Waals surface area contributed by atoms with Crippen molar-refractivity contribution in [3.63, 3.8) is 0 Å². The lowest BCUT2D eigenvalue weighted by Crippen LogP contribution is -2.41. The summed E-state index contributed by atoms with van der Waals surface area (Å²) in [6, 6.07) is 3.71. The van der Waals surface area contributed by atoms with E-state index in [9.17, 15) is 26.8 Å². The Morgan fingerprint density at radius 2 is 1.57 bits per heavy atom. The van der Waals surface area contributed by atoms with Gasteiger partial charge in [0, 0.05) is 16.4 Å². The molecule has 0 fully saturated rings. The standard InChI is InChI=1S/C15H15F2I3O7S/c1-8(15(16,17)28(23,24)25)26-12(21)4-2-3-5-13(22)27-14-10(19)6-9(18)7-11(14)20/h6-8H,2-5H2,1H3,(H,23,24,25). The predicted molar refractivity (Wildman–Crippen MR) is 121 cm³/mol. The number of unbranched alkanes of at least 4 members (excludes halogenated alkanes) is 1. The van der Waals surface area contributed by atoms with Crippen molar-refractivity contribution in [1.29, 1.82) is 0 Å². The van der Waals surface area contributed by atoms with Crippen molar-refractivity contribution in [2.75, 3.05) is 0 Å². The van der Waals surface area contributed by atoms with Gasteiger partial charge in [-0.05, 0) is 99.7 Å². The molecule has 0 heterocycles. The van der Waals surface area contributed by atoms with E-state index < -0.39 is 33.4 Å². The van der Waals surface area contributed by atoms with Gasteiger partial charge in [-0.1, -0.05) is 0 Å². The molecular weight excluding hydrogens is 743 g/mol. The number of carbonyl (C=O) groups excluding carboxylic acids is 2. The molecule has 0 radical (unpaired) electrons. The minimum Gasteiger partial charge on any atom is -0.455 e. The Hall–Kier alpha value is 0.120. The largest absolute Gasteiger partial charge is 0.455 e. The Kier molecular flexibility index (Phi) is 10.2. The lowest BCUT2D eigenvalue weighted by molar-refractivity contribution is -0.159. The van der Waals surface area contributed by atoms with E-state index in [0.717, 1.165) is 10.7 Å². The lowest BCUT2D eigenvalue weighted by Gasteiger charge is -2.20. The van der Waals surface area contributed by atoms with Crippen molar-refractivity contribution in [2.45, 2.75) is 44.0 Å². The molecule has 0 aliphatic carbocycles. The summed E-state index contributed by atoms with van der Waals surface area (Å²) >= 11 is 6.25. The Balaban J connectivity index is 2.43. The summed E-state index contributed by atoms with van der Waals surface area (Å²) in [5.74, 6) is -1.12. The number of alkyl halides is 2. The van der Waals surface area contributed by atoms with Crippen LogP contribution in [-0.4, -0.2) is 36.3 Å². The number of hydrogen-bond acceptors (Lipinski definition) is 6. The highest BCUT2D eigenvalue weighted by Gasteiger charge is 2.51. The van der Waals surface area contributed by atoms with Crippen LogP contribution in [0.3, 0.4) is 0 Å². The lowest BCUT2D eigenvalue weighted by atomic mass is 10.2. The van der Waals surface area contributed by atoms with Crippen LogP contribution in [0.15, 0.2) is 12.1 Å².